The normalized spacial score (nSPS) is 15.2. The monoisotopic (exact) mass is 445 g/mol. The van der Waals surface area contributed by atoms with Crippen LogP contribution >= 0.6 is 0 Å². The van der Waals surface area contributed by atoms with E-state index in [4.69, 9.17) is 4.98 Å². The smallest absolute Gasteiger partial charge is 0.266 e. The van der Waals surface area contributed by atoms with Gasteiger partial charge in [-0.3, -0.25) is 14.2 Å². The zero-order chi connectivity index (χ0) is 23.5. The molecule has 1 atom stereocenters. The molecule has 0 bridgehead atoms. The van der Waals surface area contributed by atoms with Crippen molar-refractivity contribution in [1.29, 1.82) is 0 Å². The Morgan fingerprint density at radius 3 is 2.61 bits per heavy atom. The van der Waals surface area contributed by atoms with E-state index in [9.17, 15) is 9.59 Å². The number of nitrogens with zero attached hydrogens (tertiary/aromatic N) is 3. The van der Waals surface area contributed by atoms with Crippen molar-refractivity contribution in [3.63, 3.8) is 0 Å². The molecule has 0 aliphatic heterocycles. The Balaban J connectivity index is 1.91. The average Bonchev–Trinajstić information content (AvgIpc) is 3.36. The number of unbranched alkanes of at least 4 members (excludes halogenated alkanes) is 1. The molecule has 3 aromatic rings. The summed E-state index contributed by atoms with van der Waals surface area (Å²) in [5.74, 6) is 0.934. The quantitative estimate of drug-likeness (QED) is 0.456. The van der Waals surface area contributed by atoms with Crippen LogP contribution in [0.1, 0.15) is 75.4 Å². The van der Waals surface area contributed by atoms with E-state index < -0.39 is 0 Å². The minimum atomic E-state index is -0.304. The Bertz CT molecular complexity index is 1210. The third kappa shape index (κ3) is 4.59. The number of fused-ring (bicyclic) bond motifs is 1. The molecule has 33 heavy (non-hydrogen) atoms. The van der Waals surface area contributed by atoms with Gasteiger partial charge in [-0.05, 0) is 69.4 Å². The van der Waals surface area contributed by atoms with Gasteiger partial charge in [0.05, 0.1) is 22.6 Å². The fourth-order valence-corrected chi connectivity index (χ4v) is 4.99. The molecule has 0 N–H and O–H groups in total. The maximum absolute atomic E-state index is 13.8. The van der Waals surface area contributed by atoms with Crippen LogP contribution in [-0.4, -0.2) is 26.9 Å². The highest BCUT2D eigenvalue weighted by Crippen LogP contribution is 2.31. The van der Waals surface area contributed by atoms with Gasteiger partial charge in [0.25, 0.3) is 5.56 Å². The molecular formula is C28H35N3O2. The summed E-state index contributed by atoms with van der Waals surface area (Å²) in [6.45, 7) is 8.90. The Hall–Kier alpha value is -2.95. The first-order chi connectivity index (χ1) is 15.9. The lowest BCUT2D eigenvalue weighted by Gasteiger charge is -2.32. The van der Waals surface area contributed by atoms with Crippen LogP contribution in [0.5, 0.6) is 0 Å². The molecule has 1 aliphatic rings. The molecule has 1 amide bonds. The summed E-state index contributed by atoms with van der Waals surface area (Å²) in [5.41, 5.74) is 3.52. The summed E-state index contributed by atoms with van der Waals surface area (Å²) >= 11 is 0. The highest BCUT2D eigenvalue weighted by atomic mass is 16.2. The second kappa shape index (κ2) is 9.90. The van der Waals surface area contributed by atoms with Gasteiger partial charge in [0, 0.05) is 12.5 Å². The number of para-hydroxylation sites is 1. The number of aromatic nitrogens is 2. The number of amides is 1. The summed E-state index contributed by atoms with van der Waals surface area (Å²) in [4.78, 5) is 34.4. The average molecular weight is 446 g/mol. The highest BCUT2D eigenvalue weighted by molar-refractivity contribution is 5.80. The van der Waals surface area contributed by atoms with E-state index in [1.165, 1.54) is 0 Å². The zero-order valence-electron chi connectivity index (χ0n) is 20.3. The van der Waals surface area contributed by atoms with E-state index in [0.717, 1.165) is 55.3 Å². The van der Waals surface area contributed by atoms with Gasteiger partial charge in [-0.15, -0.1) is 0 Å². The van der Waals surface area contributed by atoms with Crippen molar-refractivity contribution in [3.05, 3.63) is 69.8 Å². The molecule has 5 nitrogen and oxygen atoms in total. The van der Waals surface area contributed by atoms with Gasteiger partial charge in [0.15, 0.2) is 0 Å². The fourth-order valence-electron chi connectivity index (χ4n) is 4.99. The maximum atomic E-state index is 13.8. The molecule has 5 heteroatoms. The van der Waals surface area contributed by atoms with E-state index in [1.54, 1.807) is 4.57 Å². The van der Waals surface area contributed by atoms with Crippen LogP contribution in [0, 0.1) is 19.8 Å². The third-order valence-corrected chi connectivity index (χ3v) is 6.99. The minimum Gasteiger partial charge on any atom is -0.333 e. The topological polar surface area (TPSA) is 55.2 Å². The van der Waals surface area contributed by atoms with Gasteiger partial charge in [0.2, 0.25) is 5.91 Å². The molecule has 1 unspecified atom stereocenters. The Morgan fingerprint density at radius 1 is 1.15 bits per heavy atom. The Labute approximate surface area is 196 Å². The van der Waals surface area contributed by atoms with Crippen LogP contribution in [0.3, 0.4) is 0 Å². The predicted octanol–water partition coefficient (Wildman–Crippen LogP) is 5.88. The molecule has 0 radical (unpaired) electrons. The molecule has 0 spiro atoms. The molecule has 4 rings (SSSR count). The molecule has 1 fully saturated rings. The number of carbonyl (C=O) groups excluding carboxylic acids is 1. The second-order valence-corrected chi connectivity index (χ2v) is 9.46. The largest absolute Gasteiger partial charge is 0.333 e. The molecule has 2 aromatic carbocycles. The number of carbonyl (C=O) groups is 1. The molecular weight excluding hydrogens is 410 g/mol. The van der Waals surface area contributed by atoms with Gasteiger partial charge in [-0.2, -0.15) is 0 Å². The lowest BCUT2D eigenvalue weighted by Crippen LogP contribution is -2.40. The van der Waals surface area contributed by atoms with Crippen LogP contribution in [0.15, 0.2) is 47.3 Å². The molecule has 1 aromatic heterocycles. The van der Waals surface area contributed by atoms with E-state index in [-0.39, 0.29) is 23.4 Å². The number of hydrogen-bond donors (Lipinski definition) is 0. The van der Waals surface area contributed by atoms with E-state index >= 15 is 0 Å². The van der Waals surface area contributed by atoms with Crippen molar-refractivity contribution >= 4 is 16.8 Å². The summed E-state index contributed by atoms with van der Waals surface area (Å²) in [5, 5.41) is 0.594. The second-order valence-electron chi connectivity index (χ2n) is 9.46. The summed E-state index contributed by atoms with van der Waals surface area (Å²) in [6, 6.07) is 13.3. The van der Waals surface area contributed by atoms with Gasteiger partial charge in [-0.25, -0.2) is 4.98 Å². The third-order valence-electron chi connectivity index (χ3n) is 6.99. The first-order valence-electron chi connectivity index (χ1n) is 12.3. The SMILES string of the molecule is CCCCN(C(=O)C1CCCC1)C(C)c1nc2ccccc2c(=O)n1-c1cc(C)ccc1C. The molecule has 0 saturated heterocycles. The molecule has 1 heterocycles. The Kier molecular flexibility index (Phi) is 6.96. The predicted molar refractivity (Wildman–Crippen MR) is 134 cm³/mol. The molecule has 1 saturated carbocycles. The van der Waals surface area contributed by atoms with E-state index in [1.807, 2.05) is 62.1 Å². The van der Waals surface area contributed by atoms with Gasteiger partial charge in [0.1, 0.15) is 5.82 Å². The summed E-state index contributed by atoms with van der Waals surface area (Å²) < 4.78 is 1.75. The van der Waals surface area contributed by atoms with Crippen molar-refractivity contribution in [2.75, 3.05) is 6.54 Å². The van der Waals surface area contributed by atoms with Crippen LogP contribution in [0.2, 0.25) is 0 Å². The fraction of sp³-hybridized carbons (Fsp3) is 0.464. The number of aryl methyl sites for hydroxylation is 2. The van der Waals surface area contributed by atoms with E-state index in [0.29, 0.717) is 23.3 Å². The van der Waals surface area contributed by atoms with E-state index in [2.05, 4.69) is 13.0 Å². The molecule has 1 aliphatic carbocycles. The van der Waals surface area contributed by atoms with Crippen LogP contribution in [0.25, 0.3) is 16.6 Å². The van der Waals surface area contributed by atoms with Crippen LogP contribution < -0.4 is 5.56 Å². The van der Waals surface area contributed by atoms with Crippen molar-refractivity contribution in [3.8, 4) is 5.69 Å². The van der Waals surface area contributed by atoms with Crippen molar-refractivity contribution < 1.29 is 4.79 Å². The summed E-state index contributed by atoms with van der Waals surface area (Å²) in [6.07, 6.45) is 6.11. The number of benzene rings is 2. The van der Waals surface area contributed by atoms with Crippen molar-refractivity contribution in [2.45, 2.75) is 72.3 Å². The maximum Gasteiger partial charge on any atom is 0.266 e. The highest BCUT2D eigenvalue weighted by Gasteiger charge is 2.32. The summed E-state index contributed by atoms with van der Waals surface area (Å²) in [7, 11) is 0. The van der Waals surface area contributed by atoms with Gasteiger partial charge >= 0.3 is 0 Å². The van der Waals surface area contributed by atoms with Crippen LogP contribution in [0.4, 0.5) is 0 Å². The standard InChI is InChI=1S/C28H35N3O2/c1-5-6-17-30(27(32)22-11-7-8-12-22)21(4)26-29-24-14-10-9-13-23(24)28(33)31(26)25-18-19(2)15-16-20(25)3/h9-10,13-16,18,21-22H,5-8,11-12,17H2,1-4H3. The number of rotatable bonds is 7. The first-order valence-corrected chi connectivity index (χ1v) is 12.3. The lowest BCUT2D eigenvalue weighted by atomic mass is 10.0. The van der Waals surface area contributed by atoms with Gasteiger partial charge < -0.3 is 4.90 Å². The van der Waals surface area contributed by atoms with Crippen molar-refractivity contribution in [1.82, 2.24) is 14.5 Å². The minimum absolute atomic E-state index is 0.0834. The van der Waals surface area contributed by atoms with Crippen molar-refractivity contribution in [2.24, 2.45) is 5.92 Å². The lowest BCUT2D eigenvalue weighted by molar-refractivity contribution is -0.137. The van der Waals surface area contributed by atoms with Crippen LogP contribution in [-0.2, 0) is 4.79 Å². The first kappa shape index (κ1) is 23.2. The number of hydrogen-bond acceptors (Lipinski definition) is 3. The Morgan fingerprint density at radius 2 is 1.88 bits per heavy atom. The molecule has 174 valence electrons. The zero-order valence-corrected chi connectivity index (χ0v) is 20.3. The van der Waals surface area contributed by atoms with Gasteiger partial charge in [-0.1, -0.05) is 50.5 Å².